The Hall–Kier alpha value is -2.53. The second-order valence-corrected chi connectivity index (χ2v) is 5.25. The van der Waals surface area contributed by atoms with Gasteiger partial charge in [-0.3, -0.25) is 9.59 Å². The highest BCUT2D eigenvalue weighted by molar-refractivity contribution is 6.31. The Bertz CT molecular complexity index is 732. The van der Waals surface area contributed by atoms with Crippen molar-refractivity contribution in [3.8, 4) is 5.75 Å². The minimum absolute atomic E-state index is 0.150. The Balaban J connectivity index is 1.96. The minimum atomic E-state index is -0.375. The maximum Gasteiger partial charge on any atom is 0.255 e. The molecule has 2 aromatic rings. The summed E-state index contributed by atoms with van der Waals surface area (Å²) in [5.41, 5.74) is 1.77. The van der Waals surface area contributed by atoms with Gasteiger partial charge in [-0.1, -0.05) is 29.8 Å². The number of benzene rings is 2. The maximum absolute atomic E-state index is 12.1. The van der Waals surface area contributed by atoms with Gasteiger partial charge in [0.25, 0.3) is 5.91 Å². The first-order chi connectivity index (χ1) is 11.0. The number of para-hydroxylation sites is 1. The Morgan fingerprint density at radius 2 is 1.87 bits per heavy atom. The van der Waals surface area contributed by atoms with Crippen LogP contribution in [0.25, 0.3) is 0 Å². The van der Waals surface area contributed by atoms with E-state index in [-0.39, 0.29) is 18.4 Å². The van der Waals surface area contributed by atoms with Crippen LogP contribution in [0.4, 0.5) is 5.69 Å². The van der Waals surface area contributed by atoms with Crippen molar-refractivity contribution in [3.05, 3.63) is 58.6 Å². The third kappa shape index (κ3) is 4.23. The lowest BCUT2D eigenvalue weighted by molar-refractivity contribution is -0.115. The van der Waals surface area contributed by atoms with Crippen LogP contribution >= 0.6 is 11.6 Å². The molecule has 0 atom stereocenters. The number of amides is 2. The summed E-state index contributed by atoms with van der Waals surface area (Å²) in [6.07, 6.45) is 0. The molecule has 0 unspecified atom stereocenters. The molecule has 2 rings (SSSR count). The number of methoxy groups -OCH3 is 1. The van der Waals surface area contributed by atoms with Crippen LogP contribution in [0.15, 0.2) is 42.5 Å². The summed E-state index contributed by atoms with van der Waals surface area (Å²) in [4.78, 5) is 24.1. The van der Waals surface area contributed by atoms with Crippen LogP contribution in [-0.4, -0.2) is 25.5 Å². The number of halogens is 1. The smallest absolute Gasteiger partial charge is 0.255 e. The molecule has 5 nitrogen and oxygen atoms in total. The predicted molar refractivity (Wildman–Crippen MR) is 90.1 cm³/mol. The molecule has 0 saturated heterocycles. The molecule has 0 aliphatic heterocycles. The Morgan fingerprint density at radius 3 is 2.61 bits per heavy atom. The van der Waals surface area contributed by atoms with E-state index in [1.165, 1.54) is 7.11 Å². The summed E-state index contributed by atoms with van der Waals surface area (Å²) in [7, 11) is 1.49. The normalized spacial score (nSPS) is 10.0. The van der Waals surface area contributed by atoms with Crippen molar-refractivity contribution in [2.45, 2.75) is 6.92 Å². The van der Waals surface area contributed by atoms with Gasteiger partial charge in [-0.15, -0.1) is 0 Å². The number of hydrogen-bond donors (Lipinski definition) is 2. The number of carbonyl (C=O) groups is 2. The second kappa shape index (κ2) is 7.65. The van der Waals surface area contributed by atoms with Crippen LogP contribution in [0.3, 0.4) is 0 Å². The van der Waals surface area contributed by atoms with Gasteiger partial charge in [0.15, 0.2) is 0 Å². The SMILES string of the molecule is COc1ccccc1C(=O)NCC(=O)Nc1cccc(Cl)c1C. The Labute approximate surface area is 139 Å². The van der Waals surface area contributed by atoms with E-state index in [2.05, 4.69) is 10.6 Å². The molecule has 0 aliphatic carbocycles. The summed E-state index contributed by atoms with van der Waals surface area (Å²) >= 11 is 6.00. The number of rotatable bonds is 5. The topological polar surface area (TPSA) is 67.4 Å². The van der Waals surface area contributed by atoms with Gasteiger partial charge in [0.2, 0.25) is 5.91 Å². The first-order valence-electron chi connectivity index (χ1n) is 6.99. The molecule has 0 fully saturated rings. The Kier molecular flexibility index (Phi) is 5.60. The molecular formula is C17H17ClN2O3. The van der Waals surface area contributed by atoms with Crippen molar-refractivity contribution < 1.29 is 14.3 Å². The zero-order valence-electron chi connectivity index (χ0n) is 12.9. The summed E-state index contributed by atoms with van der Waals surface area (Å²) in [6.45, 7) is 1.66. The fourth-order valence-electron chi connectivity index (χ4n) is 2.03. The molecule has 2 amide bonds. The molecule has 2 aromatic carbocycles. The molecule has 0 radical (unpaired) electrons. The number of anilines is 1. The van der Waals surface area contributed by atoms with E-state index in [9.17, 15) is 9.59 Å². The summed E-state index contributed by atoms with van der Waals surface area (Å²) in [5.74, 6) is -0.255. The van der Waals surface area contributed by atoms with Gasteiger partial charge in [0.05, 0.1) is 19.2 Å². The van der Waals surface area contributed by atoms with E-state index < -0.39 is 0 Å². The van der Waals surface area contributed by atoms with Crippen LogP contribution in [0.5, 0.6) is 5.75 Å². The van der Waals surface area contributed by atoms with Crippen LogP contribution in [-0.2, 0) is 4.79 Å². The second-order valence-electron chi connectivity index (χ2n) is 4.84. The highest BCUT2D eigenvalue weighted by Gasteiger charge is 2.13. The third-order valence-corrected chi connectivity index (χ3v) is 3.71. The molecule has 6 heteroatoms. The van der Waals surface area contributed by atoms with Crippen molar-refractivity contribution in [1.29, 1.82) is 0 Å². The van der Waals surface area contributed by atoms with Gasteiger partial charge < -0.3 is 15.4 Å². The number of ether oxygens (including phenoxy) is 1. The van der Waals surface area contributed by atoms with Gasteiger partial charge in [0.1, 0.15) is 5.75 Å². The molecule has 0 spiro atoms. The third-order valence-electron chi connectivity index (χ3n) is 3.30. The summed E-state index contributed by atoms with van der Waals surface area (Å²) in [6, 6.07) is 12.1. The van der Waals surface area contributed by atoms with Crippen LogP contribution in [0, 0.1) is 6.92 Å². The van der Waals surface area contributed by atoms with E-state index in [1.807, 2.05) is 6.92 Å². The van der Waals surface area contributed by atoms with Crippen molar-refractivity contribution in [3.63, 3.8) is 0 Å². The Morgan fingerprint density at radius 1 is 1.13 bits per heavy atom. The van der Waals surface area contributed by atoms with Crippen LogP contribution < -0.4 is 15.4 Å². The molecule has 0 heterocycles. The van der Waals surface area contributed by atoms with Crippen LogP contribution in [0.2, 0.25) is 5.02 Å². The fraction of sp³-hybridized carbons (Fsp3) is 0.176. The monoisotopic (exact) mass is 332 g/mol. The van der Waals surface area contributed by atoms with Crippen molar-refractivity contribution >= 4 is 29.1 Å². The van der Waals surface area contributed by atoms with Crippen LogP contribution in [0.1, 0.15) is 15.9 Å². The average molecular weight is 333 g/mol. The molecule has 120 valence electrons. The quantitative estimate of drug-likeness (QED) is 0.884. The van der Waals surface area contributed by atoms with Gasteiger partial charge in [0, 0.05) is 10.7 Å². The van der Waals surface area contributed by atoms with Gasteiger partial charge >= 0.3 is 0 Å². The van der Waals surface area contributed by atoms with E-state index in [0.717, 1.165) is 5.56 Å². The maximum atomic E-state index is 12.1. The van der Waals surface area contributed by atoms with Crippen molar-refractivity contribution in [2.24, 2.45) is 0 Å². The predicted octanol–water partition coefficient (Wildman–Crippen LogP) is 3.03. The average Bonchev–Trinajstić information content (AvgIpc) is 2.56. The van der Waals surface area contributed by atoms with Gasteiger partial charge in [-0.25, -0.2) is 0 Å². The lowest BCUT2D eigenvalue weighted by atomic mass is 10.2. The molecule has 2 N–H and O–H groups in total. The molecule has 0 aromatic heterocycles. The summed E-state index contributed by atoms with van der Waals surface area (Å²) < 4.78 is 5.12. The lowest BCUT2D eigenvalue weighted by Crippen LogP contribution is -2.33. The van der Waals surface area contributed by atoms with Gasteiger partial charge in [-0.2, -0.15) is 0 Å². The molecule has 0 aliphatic rings. The van der Waals surface area contributed by atoms with E-state index in [0.29, 0.717) is 22.0 Å². The summed E-state index contributed by atoms with van der Waals surface area (Å²) in [5, 5.41) is 5.85. The number of hydrogen-bond acceptors (Lipinski definition) is 3. The fourth-order valence-corrected chi connectivity index (χ4v) is 2.20. The first-order valence-corrected chi connectivity index (χ1v) is 7.37. The molecular weight excluding hydrogens is 316 g/mol. The zero-order chi connectivity index (χ0) is 16.8. The van der Waals surface area contributed by atoms with E-state index >= 15 is 0 Å². The number of nitrogens with one attached hydrogen (secondary N) is 2. The van der Waals surface area contributed by atoms with Gasteiger partial charge in [-0.05, 0) is 36.8 Å². The van der Waals surface area contributed by atoms with Crippen molar-refractivity contribution in [1.82, 2.24) is 5.32 Å². The molecule has 0 bridgehead atoms. The first kappa shape index (κ1) is 16.8. The lowest BCUT2D eigenvalue weighted by Gasteiger charge is -2.11. The highest BCUT2D eigenvalue weighted by atomic mass is 35.5. The van der Waals surface area contributed by atoms with E-state index in [1.54, 1.807) is 42.5 Å². The molecule has 23 heavy (non-hydrogen) atoms. The van der Waals surface area contributed by atoms with Crippen molar-refractivity contribution in [2.75, 3.05) is 19.0 Å². The van der Waals surface area contributed by atoms with E-state index in [4.69, 9.17) is 16.3 Å². The highest BCUT2D eigenvalue weighted by Crippen LogP contribution is 2.22. The minimum Gasteiger partial charge on any atom is -0.496 e. The zero-order valence-corrected chi connectivity index (χ0v) is 13.6. The largest absolute Gasteiger partial charge is 0.496 e. The molecule has 0 saturated carbocycles. The number of carbonyl (C=O) groups excluding carboxylic acids is 2. The standard InChI is InChI=1S/C17H17ClN2O3/c1-11-13(18)7-5-8-14(11)20-16(21)10-19-17(22)12-6-3-4-9-15(12)23-2/h3-9H,10H2,1-2H3,(H,19,22)(H,20,21).